The second kappa shape index (κ2) is 6.35. The van der Waals surface area contributed by atoms with E-state index in [1.165, 1.54) is 0 Å². The third-order valence-electron chi connectivity index (χ3n) is 2.69. The Morgan fingerprint density at radius 1 is 1.41 bits per heavy atom. The summed E-state index contributed by atoms with van der Waals surface area (Å²) in [6.45, 7) is 0.614. The van der Waals surface area contributed by atoms with Gasteiger partial charge in [-0.3, -0.25) is 4.79 Å². The maximum atomic E-state index is 12.0. The molecule has 0 bridgehead atoms. The lowest BCUT2D eigenvalue weighted by atomic mass is 10.0. The highest BCUT2D eigenvalue weighted by Crippen LogP contribution is 2.27. The van der Waals surface area contributed by atoms with Gasteiger partial charge in [0.2, 0.25) is 0 Å². The number of halogens is 3. The van der Waals surface area contributed by atoms with Crippen molar-refractivity contribution in [1.82, 2.24) is 0 Å². The summed E-state index contributed by atoms with van der Waals surface area (Å²) in [6.07, 6.45) is -3.03. The van der Waals surface area contributed by atoms with E-state index in [2.05, 4.69) is 4.74 Å². The van der Waals surface area contributed by atoms with Gasteiger partial charge in [-0.1, -0.05) is 0 Å². The molecular formula is C11H17F3O3. The summed E-state index contributed by atoms with van der Waals surface area (Å²) in [5, 5.41) is 0. The number of alkyl halides is 3. The Morgan fingerprint density at radius 3 is 2.59 bits per heavy atom. The summed E-state index contributed by atoms with van der Waals surface area (Å²) in [7, 11) is 0. The van der Waals surface area contributed by atoms with Gasteiger partial charge in [0, 0.05) is 25.4 Å². The monoisotopic (exact) mass is 254 g/mol. The average molecular weight is 254 g/mol. The molecule has 0 aromatic rings. The van der Waals surface area contributed by atoms with Crippen LogP contribution in [0.5, 0.6) is 0 Å². The lowest BCUT2D eigenvalue weighted by Crippen LogP contribution is -2.28. The zero-order valence-corrected chi connectivity index (χ0v) is 9.76. The SMILES string of the molecule is CCOC(CC1CCCC1=O)OCC(F)(F)F. The van der Waals surface area contributed by atoms with Crippen molar-refractivity contribution in [2.45, 2.75) is 45.1 Å². The van der Waals surface area contributed by atoms with E-state index in [0.29, 0.717) is 6.42 Å². The molecule has 2 atom stereocenters. The van der Waals surface area contributed by atoms with E-state index in [-0.39, 0.29) is 24.7 Å². The zero-order valence-electron chi connectivity index (χ0n) is 9.76. The molecule has 1 saturated carbocycles. The number of hydrogen-bond acceptors (Lipinski definition) is 3. The van der Waals surface area contributed by atoms with E-state index < -0.39 is 19.1 Å². The van der Waals surface area contributed by atoms with Crippen LogP contribution < -0.4 is 0 Å². The predicted molar refractivity (Wildman–Crippen MR) is 54.4 cm³/mol. The van der Waals surface area contributed by atoms with Gasteiger partial charge in [0.15, 0.2) is 6.29 Å². The molecular weight excluding hydrogens is 237 g/mol. The quantitative estimate of drug-likeness (QED) is 0.684. The minimum absolute atomic E-state index is 0.102. The van der Waals surface area contributed by atoms with Gasteiger partial charge in [0.1, 0.15) is 12.4 Å². The van der Waals surface area contributed by atoms with Gasteiger partial charge in [-0.15, -0.1) is 0 Å². The predicted octanol–water partition coefficient (Wildman–Crippen LogP) is 2.69. The topological polar surface area (TPSA) is 35.5 Å². The van der Waals surface area contributed by atoms with Crippen LogP contribution in [0.15, 0.2) is 0 Å². The van der Waals surface area contributed by atoms with Crippen LogP contribution in [0.1, 0.15) is 32.6 Å². The van der Waals surface area contributed by atoms with E-state index in [4.69, 9.17) is 4.74 Å². The van der Waals surface area contributed by atoms with E-state index >= 15 is 0 Å². The number of Topliss-reactive ketones (excluding diaryl/α,β-unsaturated/α-hetero) is 1. The third-order valence-corrected chi connectivity index (χ3v) is 2.69. The van der Waals surface area contributed by atoms with Crippen LogP contribution in [0.4, 0.5) is 13.2 Å². The molecule has 0 aromatic carbocycles. The maximum Gasteiger partial charge on any atom is 0.411 e. The highest BCUT2D eigenvalue weighted by Gasteiger charge is 2.32. The fourth-order valence-electron chi connectivity index (χ4n) is 1.93. The molecule has 3 nitrogen and oxygen atoms in total. The van der Waals surface area contributed by atoms with Crippen LogP contribution in [-0.4, -0.2) is 31.5 Å². The van der Waals surface area contributed by atoms with Gasteiger partial charge >= 0.3 is 6.18 Å². The van der Waals surface area contributed by atoms with Crippen molar-refractivity contribution < 1.29 is 27.4 Å². The molecule has 0 aliphatic heterocycles. The van der Waals surface area contributed by atoms with Crippen LogP contribution in [0.25, 0.3) is 0 Å². The molecule has 0 aromatic heterocycles. The second-order valence-corrected chi connectivity index (χ2v) is 4.10. The normalized spacial score (nSPS) is 23.1. The molecule has 6 heteroatoms. The number of hydrogen-bond donors (Lipinski definition) is 0. The van der Waals surface area contributed by atoms with Crippen molar-refractivity contribution in [3.05, 3.63) is 0 Å². The smallest absolute Gasteiger partial charge is 0.353 e. The van der Waals surface area contributed by atoms with Gasteiger partial charge in [-0.25, -0.2) is 0 Å². The van der Waals surface area contributed by atoms with Crippen LogP contribution in [0.2, 0.25) is 0 Å². The lowest BCUT2D eigenvalue weighted by Gasteiger charge is -2.21. The summed E-state index contributed by atoms with van der Waals surface area (Å²) in [4.78, 5) is 11.4. The summed E-state index contributed by atoms with van der Waals surface area (Å²) < 4.78 is 45.7. The number of ether oxygens (including phenoxy) is 2. The Bertz CT molecular complexity index is 253. The Kier molecular flexibility index (Phi) is 5.39. The van der Waals surface area contributed by atoms with E-state index in [9.17, 15) is 18.0 Å². The van der Waals surface area contributed by atoms with Gasteiger partial charge in [0.05, 0.1) is 0 Å². The first-order valence-electron chi connectivity index (χ1n) is 5.75. The molecule has 0 N–H and O–H groups in total. The molecule has 17 heavy (non-hydrogen) atoms. The van der Waals surface area contributed by atoms with Crippen molar-refractivity contribution in [2.24, 2.45) is 5.92 Å². The molecule has 0 saturated heterocycles. The maximum absolute atomic E-state index is 12.0. The first kappa shape index (κ1) is 14.4. The first-order valence-corrected chi connectivity index (χ1v) is 5.75. The summed E-state index contributed by atoms with van der Waals surface area (Å²) in [5.41, 5.74) is 0. The summed E-state index contributed by atoms with van der Waals surface area (Å²) in [6, 6.07) is 0. The van der Waals surface area contributed by atoms with E-state index in [1.54, 1.807) is 6.92 Å². The number of carbonyl (C=O) groups is 1. The van der Waals surface area contributed by atoms with Crippen molar-refractivity contribution in [3.63, 3.8) is 0 Å². The lowest BCUT2D eigenvalue weighted by molar-refractivity contribution is -0.231. The van der Waals surface area contributed by atoms with Gasteiger partial charge in [0.25, 0.3) is 0 Å². The zero-order chi connectivity index (χ0) is 12.9. The minimum atomic E-state index is -4.37. The Balaban J connectivity index is 2.39. The van der Waals surface area contributed by atoms with E-state index in [1.807, 2.05) is 0 Å². The van der Waals surface area contributed by atoms with Crippen molar-refractivity contribution in [2.75, 3.05) is 13.2 Å². The molecule has 0 heterocycles. The highest BCUT2D eigenvalue weighted by atomic mass is 19.4. The van der Waals surface area contributed by atoms with E-state index in [0.717, 1.165) is 12.8 Å². The molecule has 1 rings (SSSR count). The van der Waals surface area contributed by atoms with Gasteiger partial charge in [-0.05, 0) is 19.8 Å². The van der Waals surface area contributed by atoms with Crippen molar-refractivity contribution in [1.29, 1.82) is 0 Å². The number of carbonyl (C=O) groups excluding carboxylic acids is 1. The van der Waals surface area contributed by atoms with Crippen LogP contribution in [-0.2, 0) is 14.3 Å². The summed E-state index contributed by atoms with van der Waals surface area (Å²) >= 11 is 0. The van der Waals surface area contributed by atoms with Crippen LogP contribution in [0, 0.1) is 5.92 Å². The van der Waals surface area contributed by atoms with Crippen LogP contribution >= 0.6 is 0 Å². The van der Waals surface area contributed by atoms with Crippen LogP contribution in [0.3, 0.4) is 0 Å². The summed E-state index contributed by atoms with van der Waals surface area (Å²) in [5.74, 6) is -0.106. The van der Waals surface area contributed by atoms with Gasteiger partial charge in [-0.2, -0.15) is 13.2 Å². The van der Waals surface area contributed by atoms with Crippen molar-refractivity contribution >= 4 is 5.78 Å². The molecule has 1 aliphatic rings. The largest absolute Gasteiger partial charge is 0.411 e. The molecule has 0 radical (unpaired) electrons. The Hall–Kier alpha value is -0.620. The fraction of sp³-hybridized carbons (Fsp3) is 0.909. The Morgan fingerprint density at radius 2 is 2.12 bits per heavy atom. The minimum Gasteiger partial charge on any atom is -0.353 e. The molecule has 1 aliphatic carbocycles. The first-order chi connectivity index (χ1) is 7.92. The van der Waals surface area contributed by atoms with Crippen molar-refractivity contribution in [3.8, 4) is 0 Å². The highest BCUT2D eigenvalue weighted by molar-refractivity contribution is 5.82. The van der Waals surface area contributed by atoms with Gasteiger partial charge < -0.3 is 9.47 Å². The third kappa shape index (κ3) is 5.50. The number of rotatable bonds is 6. The second-order valence-electron chi connectivity index (χ2n) is 4.10. The molecule has 0 amide bonds. The molecule has 1 fully saturated rings. The average Bonchev–Trinajstić information content (AvgIpc) is 2.60. The molecule has 100 valence electrons. The molecule has 0 spiro atoms. The molecule has 2 unspecified atom stereocenters. The fourth-order valence-corrected chi connectivity index (χ4v) is 1.93. The number of ketones is 1. The standard InChI is InChI=1S/C11H17F3O3/c1-2-16-10(17-7-11(12,13)14)6-8-4-3-5-9(8)15/h8,10H,2-7H2,1H3. The Labute approximate surface area is 98.3 Å².